The van der Waals surface area contributed by atoms with Crippen LogP contribution in [0.25, 0.3) is 0 Å². The number of amides is 2. The first-order chi connectivity index (χ1) is 7.59. The lowest BCUT2D eigenvalue weighted by Crippen LogP contribution is -2.56. The molecule has 0 radical (unpaired) electrons. The largest absolute Gasteiger partial charge is 0.349 e. The quantitative estimate of drug-likeness (QED) is 0.642. The Bertz CT molecular complexity index is 302. The lowest BCUT2D eigenvalue weighted by molar-refractivity contribution is -0.124. The second-order valence-electron chi connectivity index (χ2n) is 4.60. The van der Waals surface area contributed by atoms with Gasteiger partial charge in [-0.3, -0.25) is 9.59 Å². The molecule has 2 amide bonds. The Kier molecular flexibility index (Phi) is 3.39. The first kappa shape index (κ1) is 11.7. The SMILES string of the molecule is CC1(NC(=O)C2CSC(=O)N2)CCNCC1. The number of piperidine rings is 1. The molecule has 2 aliphatic rings. The van der Waals surface area contributed by atoms with Crippen molar-refractivity contribution in [2.75, 3.05) is 18.8 Å². The molecule has 2 saturated heterocycles. The molecule has 2 fully saturated rings. The van der Waals surface area contributed by atoms with Gasteiger partial charge in [0.15, 0.2) is 0 Å². The second-order valence-corrected chi connectivity index (χ2v) is 5.59. The standard InChI is InChI=1S/C10H17N3O2S/c1-10(2-4-11-5-3-10)13-8(14)7-6-16-9(15)12-7/h7,11H,2-6H2,1H3,(H,12,15)(H,13,14). The molecule has 0 aliphatic carbocycles. The minimum Gasteiger partial charge on any atom is -0.349 e. The van der Waals surface area contributed by atoms with Crippen molar-refractivity contribution in [3.8, 4) is 0 Å². The highest BCUT2D eigenvalue weighted by atomic mass is 32.2. The Morgan fingerprint density at radius 1 is 1.50 bits per heavy atom. The molecule has 3 N–H and O–H groups in total. The van der Waals surface area contributed by atoms with Crippen LogP contribution in [0.1, 0.15) is 19.8 Å². The van der Waals surface area contributed by atoms with Gasteiger partial charge in [0.05, 0.1) is 0 Å². The summed E-state index contributed by atoms with van der Waals surface area (Å²) in [6.07, 6.45) is 1.87. The van der Waals surface area contributed by atoms with E-state index in [-0.39, 0.29) is 22.7 Å². The molecule has 0 aromatic heterocycles. The summed E-state index contributed by atoms with van der Waals surface area (Å²) < 4.78 is 0. The van der Waals surface area contributed by atoms with Crippen molar-refractivity contribution in [2.24, 2.45) is 0 Å². The molecule has 1 atom stereocenters. The molecule has 5 nitrogen and oxygen atoms in total. The molecular formula is C10H17N3O2S. The summed E-state index contributed by atoms with van der Waals surface area (Å²) in [7, 11) is 0. The Labute approximate surface area is 99.1 Å². The first-order valence-corrected chi connectivity index (χ1v) is 6.54. The van der Waals surface area contributed by atoms with Crippen molar-refractivity contribution in [3.63, 3.8) is 0 Å². The summed E-state index contributed by atoms with van der Waals surface area (Å²) >= 11 is 1.17. The summed E-state index contributed by atoms with van der Waals surface area (Å²) in [6, 6.07) is -0.357. The van der Waals surface area contributed by atoms with Gasteiger partial charge in [0.1, 0.15) is 6.04 Å². The highest BCUT2D eigenvalue weighted by molar-refractivity contribution is 8.14. The van der Waals surface area contributed by atoms with Gasteiger partial charge < -0.3 is 16.0 Å². The van der Waals surface area contributed by atoms with E-state index < -0.39 is 0 Å². The number of thioether (sulfide) groups is 1. The summed E-state index contributed by atoms with van der Waals surface area (Å²) in [5, 5.41) is 8.87. The zero-order chi connectivity index (χ0) is 11.6. The number of carbonyl (C=O) groups is 2. The van der Waals surface area contributed by atoms with Crippen LogP contribution >= 0.6 is 11.8 Å². The van der Waals surface area contributed by atoms with Crippen molar-refractivity contribution in [1.29, 1.82) is 0 Å². The molecule has 0 aromatic carbocycles. The van der Waals surface area contributed by atoms with Gasteiger partial charge in [-0.05, 0) is 32.9 Å². The molecule has 1 unspecified atom stereocenters. The topological polar surface area (TPSA) is 70.2 Å². The number of carbonyl (C=O) groups excluding carboxylic acids is 2. The molecule has 2 heterocycles. The molecule has 90 valence electrons. The minimum atomic E-state index is -0.357. The highest BCUT2D eigenvalue weighted by Crippen LogP contribution is 2.19. The minimum absolute atomic E-state index is 0.0530. The summed E-state index contributed by atoms with van der Waals surface area (Å²) in [5.41, 5.74) is -0.125. The van der Waals surface area contributed by atoms with Gasteiger partial charge in [0.2, 0.25) is 5.91 Å². The van der Waals surface area contributed by atoms with Crippen molar-refractivity contribution >= 4 is 22.9 Å². The fourth-order valence-electron chi connectivity index (χ4n) is 2.01. The zero-order valence-electron chi connectivity index (χ0n) is 9.34. The average Bonchev–Trinajstić information content (AvgIpc) is 2.65. The van der Waals surface area contributed by atoms with E-state index in [0.29, 0.717) is 5.75 Å². The third-order valence-corrected chi connectivity index (χ3v) is 4.00. The van der Waals surface area contributed by atoms with Gasteiger partial charge in [0, 0.05) is 11.3 Å². The van der Waals surface area contributed by atoms with E-state index >= 15 is 0 Å². The van der Waals surface area contributed by atoms with Gasteiger partial charge in [-0.25, -0.2) is 0 Å². The molecular weight excluding hydrogens is 226 g/mol. The third-order valence-electron chi connectivity index (χ3n) is 3.12. The van der Waals surface area contributed by atoms with Crippen molar-refractivity contribution in [2.45, 2.75) is 31.3 Å². The van der Waals surface area contributed by atoms with Crippen LogP contribution in [-0.4, -0.2) is 41.6 Å². The van der Waals surface area contributed by atoms with Crippen molar-refractivity contribution < 1.29 is 9.59 Å². The van der Waals surface area contributed by atoms with E-state index in [1.807, 2.05) is 0 Å². The fraction of sp³-hybridized carbons (Fsp3) is 0.800. The van der Waals surface area contributed by atoms with Crippen LogP contribution in [0.15, 0.2) is 0 Å². The van der Waals surface area contributed by atoms with Gasteiger partial charge in [-0.15, -0.1) is 0 Å². The van der Waals surface area contributed by atoms with E-state index in [1.54, 1.807) is 0 Å². The zero-order valence-corrected chi connectivity index (χ0v) is 10.2. The Morgan fingerprint density at radius 2 is 2.19 bits per heavy atom. The fourth-order valence-corrected chi connectivity index (χ4v) is 2.79. The third kappa shape index (κ3) is 2.68. The van der Waals surface area contributed by atoms with Crippen LogP contribution in [0, 0.1) is 0 Å². The maximum Gasteiger partial charge on any atom is 0.279 e. The molecule has 2 aliphatic heterocycles. The Morgan fingerprint density at radius 3 is 2.75 bits per heavy atom. The van der Waals surface area contributed by atoms with Gasteiger partial charge in [-0.2, -0.15) is 0 Å². The molecule has 0 spiro atoms. The van der Waals surface area contributed by atoms with Crippen LogP contribution in [0.5, 0.6) is 0 Å². The lowest BCUT2D eigenvalue weighted by atomic mass is 9.90. The normalized spacial score (nSPS) is 28.6. The molecule has 0 saturated carbocycles. The first-order valence-electron chi connectivity index (χ1n) is 5.55. The Hall–Kier alpha value is -0.750. The van der Waals surface area contributed by atoms with E-state index in [9.17, 15) is 9.59 Å². The smallest absolute Gasteiger partial charge is 0.279 e. The molecule has 16 heavy (non-hydrogen) atoms. The van der Waals surface area contributed by atoms with Crippen LogP contribution in [0.4, 0.5) is 4.79 Å². The summed E-state index contributed by atoms with van der Waals surface area (Å²) in [4.78, 5) is 22.9. The lowest BCUT2D eigenvalue weighted by Gasteiger charge is -2.35. The van der Waals surface area contributed by atoms with Gasteiger partial charge >= 0.3 is 0 Å². The highest BCUT2D eigenvalue weighted by Gasteiger charge is 2.34. The second kappa shape index (κ2) is 4.63. The van der Waals surface area contributed by atoms with Crippen molar-refractivity contribution in [1.82, 2.24) is 16.0 Å². The van der Waals surface area contributed by atoms with Crippen molar-refractivity contribution in [3.05, 3.63) is 0 Å². The molecule has 0 aromatic rings. The van der Waals surface area contributed by atoms with Crippen LogP contribution < -0.4 is 16.0 Å². The van der Waals surface area contributed by atoms with E-state index in [1.165, 1.54) is 11.8 Å². The number of hydrogen-bond donors (Lipinski definition) is 3. The number of rotatable bonds is 2. The summed E-state index contributed by atoms with van der Waals surface area (Å²) in [6.45, 7) is 3.93. The van der Waals surface area contributed by atoms with E-state index in [4.69, 9.17) is 0 Å². The maximum absolute atomic E-state index is 11.9. The molecule has 2 rings (SSSR count). The average molecular weight is 243 g/mol. The number of hydrogen-bond acceptors (Lipinski definition) is 4. The van der Waals surface area contributed by atoms with Crippen LogP contribution in [0.3, 0.4) is 0 Å². The predicted molar refractivity (Wildman–Crippen MR) is 63.4 cm³/mol. The van der Waals surface area contributed by atoms with Gasteiger partial charge in [-0.1, -0.05) is 11.8 Å². The maximum atomic E-state index is 11.9. The predicted octanol–water partition coefficient (Wildman–Crippen LogP) is 0.0697. The number of nitrogens with one attached hydrogen (secondary N) is 3. The molecule has 0 bridgehead atoms. The summed E-state index contributed by atoms with van der Waals surface area (Å²) in [5.74, 6) is 0.488. The monoisotopic (exact) mass is 243 g/mol. The molecule has 6 heteroatoms. The Balaban J connectivity index is 1.88. The van der Waals surface area contributed by atoms with Crippen LogP contribution in [-0.2, 0) is 4.79 Å². The van der Waals surface area contributed by atoms with Gasteiger partial charge in [0.25, 0.3) is 5.24 Å². The van der Waals surface area contributed by atoms with Crippen LogP contribution in [0.2, 0.25) is 0 Å². The van der Waals surface area contributed by atoms with E-state index in [0.717, 1.165) is 25.9 Å². The van der Waals surface area contributed by atoms with E-state index in [2.05, 4.69) is 22.9 Å².